The van der Waals surface area contributed by atoms with Gasteiger partial charge in [-0.15, -0.1) is 0 Å². The highest BCUT2D eigenvalue weighted by molar-refractivity contribution is 5.36. The molecule has 1 aliphatic heterocycles. The minimum atomic E-state index is -0.0641. The number of ether oxygens (including phenoxy) is 1. The fraction of sp³-hybridized carbons (Fsp3) is 0.400. The molecule has 1 saturated heterocycles. The summed E-state index contributed by atoms with van der Waals surface area (Å²) in [5.41, 5.74) is 2.73. The summed E-state index contributed by atoms with van der Waals surface area (Å²) in [5, 5.41) is 2.89. The third-order valence-electron chi connectivity index (χ3n) is 5.16. The molecule has 0 spiro atoms. The number of rotatable bonds is 4. The molecular formula is C20H24N4O2. The SMILES string of the molecule is COc1ccc(C2CCCCCN2Cc2cc(=O)n3[nH]ccc3n2)cc1. The highest BCUT2D eigenvalue weighted by Crippen LogP contribution is 2.32. The lowest BCUT2D eigenvalue weighted by Gasteiger charge is -2.30. The second kappa shape index (κ2) is 7.33. The van der Waals surface area contributed by atoms with E-state index in [2.05, 4.69) is 27.1 Å². The van der Waals surface area contributed by atoms with Crippen LogP contribution in [0.25, 0.3) is 5.65 Å². The zero-order valence-corrected chi connectivity index (χ0v) is 15.0. The van der Waals surface area contributed by atoms with Crippen molar-refractivity contribution < 1.29 is 4.74 Å². The van der Waals surface area contributed by atoms with Crippen LogP contribution in [0.15, 0.2) is 47.4 Å². The van der Waals surface area contributed by atoms with Gasteiger partial charge in [-0.2, -0.15) is 0 Å². The van der Waals surface area contributed by atoms with Crippen LogP contribution in [0, 0.1) is 0 Å². The number of nitrogens with one attached hydrogen (secondary N) is 1. The van der Waals surface area contributed by atoms with Crippen molar-refractivity contribution in [2.75, 3.05) is 13.7 Å². The van der Waals surface area contributed by atoms with Gasteiger partial charge in [0, 0.05) is 30.9 Å². The maximum Gasteiger partial charge on any atom is 0.272 e. The minimum Gasteiger partial charge on any atom is -0.497 e. The van der Waals surface area contributed by atoms with Crippen molar-refractivity contribution in [1.29, 1.82) is 0 Å². The summed E-state index contributed by atoms with van der Waals surface area (Å²) < 4.78 is 6.75. The van der Waals surface area contributed by atoms with E-state index in [4.69, 9.17) is 4.74 Å². The second-order valence-corrected chi connectivity index (χ2v) is 6.85. The molecule has 1 fully saturated rings. The van der Waals surface area contributed by atoms with Gasteiger partial charge in [-0.05, 0) is 37.1 Å². The number of hydrogen-bond donors (Lipinski definition) is 1. The van der Waals surface area contributed by atoms with E-state index in [1.54, 1.807) is 19.4 Å². The van der Waals surface area contributed by atoms with E-state index in [1.807, 2.05) is 18.2 Å². The average Bonchev–Trinajstić information content (AvgIpc) is 3.02. The zero-order chi connectivity index (χ0) is 17.9. The molecule has 26 heavy (non-hydrogen) atoms. The summed E-state index contributed by atoms with van der Waals surface area (Å²) in [7, 11) is 1.69. The van der Waals surface area contributed by atoms with Crippen molar-refractivity contribution in [3.63, 3.8) is 0 Å². The molecule has 3 heterocycles. The van der Waals surface area contributed by atoms with Gasteiger partial charge in [0.05, 0.1) is 12.8 Å². The lowest BCUT2D eigenvalue weighted by Crippen LogP contribution is -2.29. The smallest absolute Gasteiger partial charge is 0.272 e. The number of nitrogens with zero attached hydrogens (tertiary/aromatic N) is 3. The quantitative estimate of drug-likeness (QED) is 0.783. The molecule has 6 nitrogen and oxygen atoms in total. The Morgan fingerprint density at radius 3 is 2.85 bits per heavy atom. The Labute approximate surface area is 152 Å². The predicted molar refractivity (Wildman–Crippen MR) is 100 cm³/mol. The van der Waals surface area contributed by atoms with Crippen LogP contribution in [-0.4, -0.2) is 33.2 Å². The fourth-order valence-corrected chi connectivity index (χ4v) is 3.83. The largest absolute Gasteiger partial charge is 0.497 e. The van der Waals surface area contributed by atoms with Crippen LogP contribution >= 0.6 is 0 Å². The molecule has 0 amide bonds. The van der Waals surface area contributed by atoms with Gasteiger partial charge in [-0.3, -0.25) is 14.8 Å². The summed E-state index contributed by atoms with van der Waals surface area (Å²) in [6, 6.07) is 12.2. The molecule has 1 N–H and O–H groups in total. The van der Waals surface area contributed by atoms with Crippen LogP contribution in [0.4, 0.5) is 0 Å². The van der Waals surface area contributed by atoms with Crippen molar-refractivity contribution >= 4 is 5.65 Å². The molecule has 6 heteroatoms. The lowest BCUT2D eigenvalue weighted by atomic mass is 10.0. The minimum absolute atomic E-state index is 0.0641. The molecule has 0 aliphatic carbocycles. The first-order valence-corrected chi connectivity index (χ1v) is 9.19. The van der Waals surface area contributed by atoms with Gasteiger partial charge in [0.25, 0.3) is 5.56 Å². The highest BCUT2D eigenvalue weighted by Gasteiger charge is 2.23. The molecule has 1 atom stereocenters. The Balaban J connectivity index is 1.62. The fourth-order valence-electron chi connectivity index (χ4n) is 3.83. The monoisotopic (exact) mass is 352 g/mol. The van der Waals surface area contributed by atoms with E-state index >= 15 is 0 Å². The van der Waals surface area contributed by atoms with Gasteiger partial charge in [0.1, 0.15) is 5.75 Å². The van der Waals surface area contributed by atoms with Crippen molar-refractivity contribution in [3.05, 3.63) is 64.2 Å². The lowest BCUT2D eigenvalue weighted by molar-refractivity contribution is 0.190. The van der Waals surface area contributed by atoms with Crippen molar-refractivity contribution in [1.82, 2.24) is 19.5 Å². The Morgan fingerprint density at radius 2 is 2.04 bits per heavy atom. The molecule has 0 bridgehead atoms. The summed E-state index contributed by atoms with van der Waals surface area (Å²) in [6.45, 7) is 1.71. The number of aromatic amines is 1. The standard InChI is InChI=1S/C20H24N4O2/c1-26-17-8-6-15(7-9-17)18-5-3-2-4-12-23(18)14-16-13-20(25)24-19(22-16)10-11-21-24/h6-11,13,18,21H,2-5,12,14H2,1H3. The number of likely N-dealkylation sites (tertiary alicyclic amines) is 1. The Kier molecular flexibility index (Phi) is 4.75. The molecule has 3 aromatic rings. The highest BCUT2D eigenvalue weighted by atomic mass is 16.5. The van der Waals surface area contributed by atoms with Crippen molar-refractivity contribution in [3.8, 4) is 5.75 Å². The maximum absolute atomic E-state index is 12.3. The first-order valence-electron chi connectivity index (χ1n) is 9.19. The molecule has 136 valence electrons. The predicted octanol–water partition coefficient (Wildman–Crippen LogP) is 3.15. The van der Waals surface area contributed by atoms with E-state index in [0.717, 1.165) is 24.4 Å². The van der Waals surface area contributed by atoms with Gasteiger partial charge in [0.2, 0.25) is 0 Å². The molecule has 0 radical (unpaired) electrons. The maximum atomic E-state index is 12.3. The number of methoxy groups -OCH3 is 1. The average molecular weight is 352 g/mol. The van der Waals surface area contributed by atoms with E-state index in [9.17, 15) is 4.79 Å². The first-order chi connectivity index (χ1) is 12.7. The summed E-state index contributed by atoms with van der Waals surface area (Å²) >= 11 is 0. The number of benzene rings is 1. The molecular weight excluding hydrogens is 328 g/mol. The Bertz CT molecular complexity index is 929. The van der Waals surface area contributed by atoms with Gasteiger partial charge in [0.15, 0.2) is 5.65 Å². The molecule has 1 aliphatic rings. The molecule has 4 rings (SSSR count). The first kappa shape index (κ1) is 16.8. The van der Waals surface area contributed by atoms with E-state index in [1.165, 1.54) is 29.3 Å². The van der Waals surface area contributed by atoms with Crippen LogP contribution in [0.1, 0.15) is 43.0 Å². The van der Waals surface area contributed by atoms with E-state index in [0.29, 0.717) is 18.2 Å². The van der Waals surface area contributed by atoms with Crippen LogP contribution in [-0.2, 0) is 6.54 Å². The van der Waals surface area contributed by atoms with Crippen molar-refractivity contribution in [2.45, 2.75) is 38.3 Å². The summed E-state index contributed by atoms with van der Waals surface area (Å²) in [4.78, 5) is 19.4. The Hall–Kier alpha value is -2.60. The van der Waals surface area contributed by atoms with Crippen LogP contribution in [0.2, 0.25) is 0 Å². The second-order valence-electron chi connectivity index (χ2n) is 6.85. The van der Waals surface area contributed by atoms with E-state index in [-0.39, 0.29) is 5.56 Å². The summed E-state index contributed by atoms with van der Waals surface area (Å²) in [6.07, 6.45) is 6.51. The Morgan fingerprint density at radius 1 is 1.19 bits per heavy atom. The van der Waals surface area contributed by atoms with Gasteiger partial charge in [-0.25, -0.2) is 9.50 Å². The van der Waals surface area contributed by atoms with Gasteiger partial charge < -0.3 is 4.74 Å². The number of H-pyrrole nitrogens is 1. The third kappa shape index (κ3) is 3.37. The number of hydrogen-bond acceptors (Lipinski definition) is 4. The number of fused-ring (bicyclic) bond motifs is 1. The van der Waals surface area contributed by atoms with Gasteiger partial charge >= 0.3 is 0 Å². The van der Waals surface area contributed by atoms with Crippen LogP contribution in [0.3, 0.4) is 0 Å². The van der Waals surface area contributed by atoms with Crippen molar-refractivity contribution in [2.24, 2.45) is 0 Å². The van der Waals surface area contributed by atoms with Crippen LogP contribution < -0.4 is 10.3 Å². The van der Waals surface area contributed by atoms with Gasteiger partial charge in [-0.1, -0.05) is 25.0 Å². The molecule has 0 saturated carbocycles. The zero-order valence-electron chi connectivity index (χ0n) is 15.0. The normalized spacial score (nSPS) is 18.7. The number of aromatic nitrogens is 3. The van der Waals surface area contributed by atoms with E-state index < -0.39 is 0 Å². The van der Waals surface area contributed by atoms with Crippen LogP contribution in [0.5, 0.6) is 5.75 Å². The molecule has 1 aromatic carbocycles. The molecule has 2 aromatic heterocycles. The summed E-state index contributed by atoms with van der Waals surface area (Å²) in [5.74, 6) is 0.876. The molecule has 1 unspecified atom stereocenters. The topological polar surface area (TPSA) is 62.6 Å². The third-order valence-corrected chi connectivity index (χ3v) is 5.16.